The van der Waals surface area contributed by atoms with Gasteiger partial charge in [-0.2, -0.15) is 0 Å². The summed E-state index contributed by atoms with van der Waals surface area (Å²) in [4.78, 5) is 10.6. The molecule has 1 rings (SSSR count). The maximum Gasteiger partial charge on any atom is 0.235 e. The van der Waals surface area contributed by atoms with Crippen molar-refractivity contribution >= 4 is 17.5 Å². The smallest absolute Gasteiger partial charge is 0.235 e. The molecule has 1 unspecified atom stereocenters. The lowest BCUT2D eigenvalue weighted by Crippen LogP contribution is -2.25. The summed E-state index contributed by atoms with van der Waals surface area (Å²) in [5.74, 6) is 0.267. The molecule has 2 N–H and O–H groups in total. The van der Waals surface area contributed by atoms with Gasteiger partial charge in [0.1, 0.15) is 5.38 Å². The van der Waals surface area contributed by atoms with Crippen LogP contribution >= 0.6 is 11.6 Å². The van der Waals surface area contributed by atoms with E-state index in [0.717, 1.165) is 6.42 Å². The zero-order valence-corrected chi connectivity index (χ0v) is 7.31. The normalized spacial score (nSPS) is 21.9. The molecule has 0 aromatic heterocycles. The summed E-state index contributed by atoms with van der Waals surface area (Å²) < 4.78 is 0. The minimum atomic E-state index is -0.446. The molecule has 1 saturated carbocycles. The summed E-state index contributed by atoms with van der Waals surface area (Å²) in [5.41, 5.74) is 5.04. The summed E-state index contributed by atoms with van der Waals surface area (Å²) in [6, 6.07) is 0. The molecule has 11 heavy (non-hydrogen) atoms. The van der Waals surface area contributed by atoms with Gasteiger partial charge in [-0.1, -0.05) is 25.7 Å². The second-order valence-electron chi connectivity index (χ2n) is 3.26. The fraction of sp³-hybridized carbons (Fsp3) is 0.875. The lowest BCUT2D eigenvalue weighted by molar-refractivity contribution is -0.117. The van der Waals surface area contributed by atoms with Crippen molar-refractivity contribution < 1.29 is 4.79 Å². The van der Waals surface area contributed by atoms with Gasteiger partial charge in [0, 0.05) is 0 Å². The molecule has 0 aromatic rings. The van der Waals surface area contributed by atoms with Crippen molar-refractivity contribution in [2.75, 3.05) is 0 Å². The van der Waals surface area contributed by atoms with Crippen LogP contribution in [-0.2, 0) is 4.79 Å². The van der Waals surface area contributed by atoms with Crippen LogP contribution in [0.15, 0.2) is 0 Å². The molecule has 3 heteroatoms. The maximum atomic E-state index is 10.6. The first-order valence-electron chi connectivity index (χ1n) is 4.13. The number of hydrogen-bond donors (Lipinski definition) is 1. The van der Waals surface area contributed by atoms with Gasteiger partial charge in [-0.15, -0.1) is 11.6 Å². The Labute approximate surface area is 72.1 Å². The third-order valence-electron chi connectivity index (χ3n) is 2.32. The number of halogens is 1. The molecule has 1 amide bonds. The number of primary amides is 1. The van der Waals surface area contributed by atoms with Crippen molar-refractivity contribution in [1.82, 2.24) is 0 Å². The van der Waals surface area contributed by atoms with Crippen LogP contribution in [0.4, 0.5) is 0 Å². The molecule has 64 valence electrons. The summed E-state index contributed by atoms with van der Waals surface area (Å²) in [5, 5.41) is -0.446. The monoisotopic (exact) mass is 175 g/mol. The van der Waals surface area contributed by atoms with Gasteiger partial charge in [0.25, 0.3) is 0 Å². The molecule has 0 spiro atoms. The predicted molar refractivity (Wildman–Crippen MR) is 45.4 cm³/mol. The standard InChI is InChI=1S/C8H14ClNO/c9-7(8(10)11)5-6-3-1-2-4-6/h6-7H,1-5H2,(H2,10,11). The topological polar surface area (TPSA) is 43.1 Å². The lowest BCUT2D eigenvalue weighted by Gasteiger charge is -2.10. The van der Waals surface area contributed by atoms with Crippen LogP contribution in [0.5, 0.6) is 0 Å². The van der Waals surface area contributed by atoms with Crippen LogP contribution in [0.1, 0.15) is 32.1 Å². The SMILES string of the molecule is NC(=O)C(Cl)CC1CCCC1. The Morgan fingerprint density at radius 1 is 1.55 bits per heavy atom. The number of carbonyl (C=O) groups is 1. The molecular weight excluding hydrogens is 162 g/mol. The number of hydrogen-bond acceptors (Lipinski definition) is 1. The first-order valence-corrected chi connectivity index (χ1v) is 4.57. The molecule has 1 fully saturated rings. The molecule has 0 heterocycles. The molecule has 2 nitrogen and oxygen atoms in total. The van der Waals surface area contributed by atoms with Crippen molar-refractivity contribution in [3.63, 3.8) is 0 Å². The molecule has 1 aliphatic rings. The molecule has 0 radical (unpaired) electrons. The van der Waals surface area contributed by atoms with Gasteiger partial charge in [0.05, 0.1) is 0 Å². The minimum Gasteiger partial charge on any atom is -0.368 e. The Bertz CT molecular complexity index is 143. The van der Waals surface area contributed by atoms with Crippen LogP contribution in [0.3, 0.4) is 0 Å². The van der Waals surface area contributed by atoms with Crippen molar-refractivity contribution in [3.05, 3.63) is 0 Å². The first-order chi connectivity index (χ1) is 5.20. The third kappa shape index (κ3) is 2.70. The zero-order chi connectivity index (χ0) is 8.27. The van der Waals surface area contributed by atoms with E-state index in [1.807, 2.05) is 0 Å². The fourth-order valence-electron chi connectivity index (χ4n) is 1.65. The molecular formula is C8H14ClNO. The van der Waals surface area contributed by atoms with Gasteiger partial charge < -0.3 is 5.73 Å². The Morgan fingerprint density at radius 3 is 2.55 bits per heavy atom. The van der Waals surface area contributed by atoms with Crippen LogP contribution < -0.4 is 5.73 Å². The van der Waals surface area contributed by atoms with E-state index >= 15 is 0 Å². The molecule has 1 atom stereocenters. The van der Waals surface area contributed by atoms with E-state index in [2.05, 4.69) is 0 Å². The maximum absolute atomic E-state index is 10.6. The Balaban J connectivity index is 2.23. The minimum absolute atomic E-state index is 0.376. The van der Waals surface area contributed by atoms with Crippen molar-refractivity contribution in [3.8, 4) is 0 Å². The summed E-state index contributed by atoms with van der Waals surface area (Å²) in [6.07, 6.45) is 5.78. The summed E-state index contributed by atoms with van der Waals surface area (Å²) in [6.45, 7) is 0. The van der Waals surface area contributed by atoms with Gasteiger partial charge in [0.15, 0.2) is 0 Å². The highest BCUT2D eigenvalue weighted by Crippen LogP contribution is 2.29. The van der Waals surface area contributed by atoms with E-state index in [4.69, 9.17) is 17.3 Å². The molecule has 0 aliphatic heterocycles. The van der Waals surface area contributed by atoms with Crippen molar-refractivity contribution in [2.24, 2.45) is 11.7 Å². The quantitative estimate of drug-likeness (QED) is 0.652. The van der Waals surface area contributed by atoms with E-state index in [-0.39, 0.29) is 5.91 Å². The summed E-state index contributed by atoms with van der Waals surface area (Å²) in [7, 11) is 0. The van der Waals surface area contributed by atoms with Crippen LogP contribution in [0.25, 0.3) is 0 Å². The van der Waals surface area contributed by atoms with Gasteiger partial charge in [-0.25, -0.2) is 0 Å². The number of alkyl halides is 1. The summed E-state index contributed by atoms with van der Waals surface area (Å²) >= 11 is 5.72. The second-order valence-corrected chi connectivity index (χ2v) is 3.78. The third-order valence-corrected chi connectivity index (χ3v) is 2.72. The van der Waals surface area contributed by atoms with E-state index < -0.39 is 5.38 Å². The van der Waals surface area contributed by atoms with Crippen LogP contribution in [0.2, 0.25) is 0 Å². The van der Waals surface area contributed by atoms with E-state index in [9.17, 15) is 4.79 Å². The average molecular weight is 176 g/mol. The first kappa shape index (κ1) is 8.85. The van der Waals surface area contributed by atoms with Gasteiger partial charge >= 0.3 is 0 Å². The number of rotatable bonds is 3. The molecule has 1 aliphatic carbocycles. The Hall–Kier alpha value is -0.240. The largest absolute Gasteiger partial charge is 0.368 e. The lowest BCUT2D eigenvalue weighted by atomic mass is 10.0. The Morgan fingerprint density at radius 2 is 2.09 bits per heavy atom. The molecule has 0 saturated heterocycles. The van der Waals surface area contributed by atoms with E-state index in [0.29, 0.717) is 5.92 Å². The average Bonchev–Trinajstić information content (AvgIpc) is 2.39. The highest BCUT2D eigenvalue weighted by atomic mass is 35.5. The van der Waals surface area contributed by atoms with E-state index in [1.165, 1.54) is 25.7 Å². The van der Waals surface area contributed by atoms with Crippen LogP contribution in [-0.4, -0.2) is 11.3 Å². The zero-order valence-electron chi connectivity index (χ0n) is 6.55. The fourth-order valence-corrected chi connectivity index (χ4v) is 1.91. The van der Waals surface area contributed by atoms with Crippen molar-refractivity contribution in [1.29, 1.82) is 0 Å². The van der Waals surface area contributed by atoms with Gasteiger partial charge in [0.2, 0.25) is 5.91 Å². The van der Waals surface area contributed by atoms with Gasteiger partial charge in [-0.05, 0) is 12.3 Å². The molecule has 0 aromatic carbocycles. The van der Waals surface area contributed by atoms with Crippen LogP contribution in [0, 0.1) is 5.92 Å². The number of amides is 1. The predicted octanol–water partition coefficient (Wildman–Crippen LogP) is 1.66. The second kappa shape index (κ2) is 3.96. The highest BCUT2D eigenvalue weighted by molar-refractivity contribution is 6.30. The Kier molecular flexibility index (Phi) is 3.18. The van der Waals surface area contributed by atoms with E-state index in [1.54, 1.807) is 0 Å². The number of nitrogens with two attached hydrogens (primary N) is 1. The van der Waals surface area contributed by atoms with Crippen molar-refractivity contribution in [2.45, 2.75) is 37.5 Å². The molecule has 0 bridgehead atoms. The highest BCUT2D eigenvalue weighted by Gasteiger charge is 2.21. The van der Waals surface area contributed by atoms with Gasteiger partial charge in [-0.3, -0.25) is 4.79 Å². The number of carbonyl (C=O) groups excluding carboxylic acids is 1.